The molecule has 0 radical (unpaired) electrons. The molecule has 0 aliphatic heterocycles. The number of nitro benzene ring substituents is 1. The van der Waals surface area contributed by atoms with Gasteiger partial charge in [-0.25, -0.2) is 4.98 Å². The molecule has 0 saturated carbocycles. The van der Waals surface area contributed by atoms with E-state index in [4.69, 9.17) is 0 Å². The van der Waals surface area contributed by atoms with E-state index in [1.165, 1.54) is 12.1 Å². The number of rotatable bonds is 5. The zero-order valence-electron chi connectivity index (χ0n) is 10.3. The molecule has 6 nitrogen and oxygen atoms in total. The first-order chi connectivity index (χ1) is 9.13. The maximum absolute atomic E-state index is 13.9. The van der Waals surface area contributed by atoms with E-state index in [-0.39, 0.29) is 12.1 Å². The molecule has 7 heteroatoms. The molecular formula is C12H13FN4O2. The van der Waals surface area contributed by atoms with Crippen molar-refractivity contribution in [2.75, 3.05) is 7.05 Å². The van der Waals surface area contributed by atoms with Crippen molar-refractivity contribution in [3.63, 3.8) is 0 Å². The van der Waals surface area contributed by atoms with E-state index in [0.717, 1.165) is 11.9 Å². The van der Waals surface area contributed by atoms with Gasteiger partial charge in [0.05, 0.1) is 18.0 Å². The van der Waals surface area contributed by atoms with Gasteiger partial charge in [-0.2, -0.15) is 4.39 Å². The second-order valence-electron chi connectivity index (χ2n) is 4.01. The zero-order valence-corrected chi connectivity index (χ0v) is 10.3. The first-order valence-electron chi connectivity index (χ1n) is 5.70. The Bertz CT molecular complexity index is 597. The Kier molecular flexibility index (Phi) is 3.86. The largest absolute Gasteiger partial charge is 0.329 e. The Morgan fingerprint density at radius 3 is 3.00 bits per heavy atom. The van der Waals surface area contributed by atoms with E-state index in [0.29, 0.717) is 6.54 Å². The Hall–Kier alpha value is -2.28. The summed E-state index contributed by atoms with van der Waals surface area (Å²) in [4.78, 5) is 14.1. The van der Waals surface area contributed by atoms with Gasteiger partial charge in [-0.15, -0.1) is 0 Å². The van der Waals surface area contributed by atoms with Gasteiger partial charge >= 0.3 is 5.69 Å². The Labute approximate surface area is 109 Å². The van der Waals surface area contributed by atoms with Gasteiger partial charge in [0, 0.05) is 24.0 Å². The third-order valence-electron chi connectivity index (χ3n) is 2.73. The minimum absolute atomic E-state index is 0.213. The number of nitrogens with one attached hydrogen (secondary N) is 1. The van der Waals surface area contributed by atoms with E-state index >= 15 is 0 Å². The smallest absolute Gasteiger partial charge is 0.305 e. The lowest BCUT2D eigenvalue weighted by molar-refractivity contribution is -0.387. The fourth-order valence-electron chi connectivity index (χ4n) is 1.82. The summed E-state index contributed by atoms with van der Waals surface area (Å²) in [5.41, 5.74) is -0.239. The highest BCUT2D eigenvalue weighted by Gasteiger charge is 2.17. The van der Waals surface area contributed by atoms with Crippen LogP contribution in [0.1, 0.15) is 11.4 Å². The van der Waals surface area contributed by atoms with Crippen LogP contribution in [-0.2, 0) is 13.1 Å². The molecule has 1 aromatic heterocycles. The summed E-state index contributed by atoms with van der Waals surface area (Å²) in [6.45, 7) is 0.758. The number of aromatic nitrogens is 2. The molecule has 0 aliphatic rings. The summed E-state index contributed by atoms with van der Waals surface area (Å²) in [5.74, 6) is -0.0509. The Balaban J connectivity index is 2.31. The van der Waals surface area contributed by atoms with Crippen molar-refractivity contribution in [1.82, 2.24) is 14.9 Å². The highest BCUT2D eigenvalue weighted by molar-refractivity contribution is 5.36. The summed E-state index contributed by atoms with van der Waals surface area (Å²) >= 11 is 0. The Morgan fingerprint density at radius 2 is 2.32 bits per heavy atom. The van der Waals surface area contributed by atoms with Crippen LogP contribution in [0.2, 0.25) is 0 Å². The van der Waals surface area contributed by atoms with Crippen molar-refractivity contribution in [2.45, 2.75) is 13.1 Å². The van der Waals surface area contributed by atoms with Crippen molar-refractivity contribution >= 4 is 5.69 Å². The second kappa shape index (κ2) is 5.57. The lowest BCUT2D eigenvalue weighted by Crippen LogP contribution is -2.13. The average Bonchev–Trinajstić information content (AvgIpc) is 2.79. The van der Waals surface area contributed by atoms with Gasteiger partial charge in [-0.05, 0) is 7.05 Å². The number of hydrogen-bond donors (Lipinski definition) is 1. The first-order valence-corrected chi connectivity index (χ1v) is 5.70. The summed E-state index contributed by atoms with van der Waals surface area (Å²) in [7, 11) is 1.78. The number of benzene rings is 1. The number of halogens is 1. The van der Waals surface area contributed by atoms with Crippen molar-refractivity contribution in [1.29, 1.82) is 0 Å². The molecule has 1 heterocycles. The molecule has 1 aromatic carbocycles. The lowest BCUT2D eigenvalue weighted by atomic mass is 10.2. The third-order valence-corrected chi connectivity index (χ3v) is 2.73. The van der Waals surface area contributed by atoms with Crippen LogP contribution >= 0.6 is 0 Å². The fraction of sp³-hybridized carbons (Fsp3) is 0.250. The van der Waals surface area contributed by atoms with Crippen molar-refractivity contribution in [2.24, 2.45) is 0 Å². The van der Waals surface area contributed by atoms with Gasteiger partial charge in [0.15, 0.2) is 0 Å². The molecule has 0 spiro atoms. The molecule has 1 N–H and O–H groups in total. The minimum Gasteiger partial charge on any atom is -0.329 e. The van der Waals surface area contributed by atoms with Gasteiger partial charge in [0.1, 0.15) is 5.82 Å². The molecular weight excluding hydrogens is 251 g/mol. The Morgan fingerprint density at radius 1 is 1.53 bits per heavy atom. The lowest BCUT2D eigenvalue weighted by Gasteiger charge is -2.08. The highest BCUT2D eigenvalue weighted by atomic mass is 19.1. The van der Waals surface area contributed by atoms with Gasteiger partial charge in [-0.3, -0.25) is 10.1 Å². The van der Waals surface area contributed by atoms with Gasteiger partial charge in [0.25, 0.3) is 0 Å². The standard InChI is InChI=1S/C12H13FN4O2/c1-14-7-11-15-5-6-16(11)8-9-3-2-4-10(12(9)13)17(18)19/h2-6,14H,7-8H2,1H3. The highest BCUT2D eigenvalue weighted by Crippen LogP contribution is 2.21. The van der Waals surface area contributed by atoms with Crippen molar-refractivity contribution in [3.8, 4) is 0 Å². The molecule has 0 bridgehead atoms. The summed E-state index contributed by atoms with van der Waals surface area (Å²) in [6, 6.07) is 4.16. The van der Waals surface area contributed by atoms with Crippen LogP contribution in [0.15, 0.2) is 30.6 Å². The predicted octanol–water partition coefficient (Wildman–Crippen LogP) is 1.70. The molecule has 0 saturated heterocycles. The average molecular weight is 264 g/mol. The van der Waals surface area contributed by atoms with Crippen LogP contribution in [0.5, 0.6) is 0 Å². The molecule has 0 aliphatic carbocycles. The van der Waals surface area contributed by atoms with Gasteiger partial charge < -0.3 is 9.88 Å². The molecule has 0 fully saturated rings. The van der Waals surface area contributed by atoms with Crippen LogP contribution < -0.4 is 5.32 Å². The second-order valence-corrected chi connectivity index (χ2v) is 4.01. The fourth-order valence-corrected chi connectivity index (χ4v) is 1.82. The molecule has 2 aromatic rings. The van der Waals surface area contributed by atoms with E-state index in [1.807, 2.05) is 0 Å². The van der Waals surface area contributed by atoms with Crippen LogP contribution in [-0.4, -0.2) is 21.5 Å². The number of nitrogens with zero attached hydrogens (tertiary/aromatic N) is 3. The molecule has 0 atom stereocenters. The van der Waals surface area contributed by atoms with Crippen molar-refractivity contribution < 1.29 is 9.31 Å². The maximum atomic E-state index is 13.9. The molecule has 0 unspecified atom stereocenters. The molecule has 100 valence electrons. The molecule has 19 heavy (non-hydrogen) atoms. The quantitative estimate of drug-likeness (QED) is 0.659. The monoisotopic (exact) mass is 264 g/mol. The topological polar surface area (TPSA) is 73.0 Å². The molecule has 2 rings (SSSR count). The SMILES string of the molecule is CNCc1nccn1Cc1cccc([N+](=O)[O-])c1F. The van der Waals surface area contributed by atoms with Gasteiger partial charge in [0.2, 0.25) is 5.82 Å². The van der Waals surface area contributed by atoms with Crippen LogP contribution in [0.4, 0.5) is 10.1 Å². The molecule has 0 amide bonds. The van der Waals surface area contributed by atoms with Gasteiger partial charge in [-0.1, -0.05) is 12.1 Å². The van der Waals surface area contributed by atoms with E-state index in [2.05, 4.69) is 10.3 Å². The normalized spacial score (nSPS) is 10.6. The maximum Gasteiger partial charge on any atom is 0.305 e. The first kappa shape index (κ1) is 13.2. The van der Waals surface area contributed by atoms with E-state index in [9.17, 15) is 14.5 Å². The minimum atomic E-state index is -0.795. The van der Waals surface area contributed by atoms with Crippen LogP contribution in [0.3, 0.4) is 0 Å². The van der Waals surface area contributed by atoms with Crippen LogP contribution in [0, 0.1) is 15.9 Å². The summed E-state index contributed by atoms with van der Waals surface area (Å²) < 4.78 is 15.7. The zero-order chi connectivity index (χ0) is 13.8. The number of hydrogen-bond acceptors (Lipinski definition) is 4. The summed E-state index contributed by atoms with van der Waals surface area (Å²) in [5, 5.41) is 13.6. The van der Waals surface area contributed by atoms with E-state index < -0.39 is 16.4 Å². The van der Waals surface area contributed by atoms with Crippen LogP contribution in [0.25, 0.3) is 0 Å². The number of nitro groups is 1. The predicted molar refractivity (Wildman–Crippen MR) is 67.1 cm³/mol. The summed E-state index contributed by atoms with van der Waals surface area (Å²) in [6.07, 6.45) is 3.33. The number of imidazole rings is 1. The third kappa shape index (κ3) is 2.76. The van der Waals surface area contributed by atoms with Crippen molar-refractivity contribution in [3.05, 3.63) is 57.9 Å². The van der Waals surface area contributed by atoms with E-state index in [1.54, 1.807) is 24.0 Å².